The number of hydrogen-bond acceptors (Lipinski definition) is 11. The number of benzene rings is 1. The number of aromatic hydroxyl groups is 1. The third kappa shape index (κ3) is 4.58. The van der Waals surface area contributed by atoms with Crippen LogP contribution in [-0.4, -0.2) is 95.3 Å². The molecule has 2 amide bonds. The lowest BCUT2D eigenvalue weighted by atomic mass is 9.57. The molecule has 41 heavy (non-hydrogen) atoms. The molecule has 0 aromatic heterocycles. The Morgan fingerprint density at radius 3 is 2.39 bits per heavy atom. The van der Waals surface area contributed by atoms with E-state index in [0.717, 1.165) is 6.42 Å². The number of primary amides is 1. The van der Waals surface area contributed by atoms with E-state index in [4.69, 9.17) is 10.5 Å². The van der Waals surface area contributed by atoms with E-state index in [-0.39, 0.29) is 36.3 Å². The quantitative estimate of drug-likeness (QED) is 0.156. The zero-order valence-corrected chi connectivity index (χ0v) is 23.6. The molecule has 13 heteroatoms. The third-order valence-electron chi connectivity index (χ3n) is 8.15. The summed E-state index contributed by atoms with van der Waals surface area (Å²) in [7, 11) is 6.54. The molecule has 0 unspecified atom stereocenters. The maximum absolute atomic E-state index is 14.0. The number of nitrogens with zero attached hydrogens (tertiary/aromatic N) is 2. The summed E-state index contributed by atoms with van der Waals surface area (Å²) >= 11 is 0. The molecule has 3 aliphatic rings. The Morgan fingerprint density at radius 2 is 1.83 bits per heavy atom. The number of carbonyl (C=O) groups excluding carboxylic acids is 4. The van der Waals surface area contributed by atoms with E-state index in [9.17, 15) is 39.6 Å². The molecule has 0 spiro atoms. The molecule has 4 rings (SSSR count). The standard InChI is InChI=1S/C28H36N4O9/c1-6-7-8-41-27(39)30-15-11-16(31(2)3)13-9-12-10-14-20(32(4)5)23(35)19(26(29)38)25(37)28(14,40)24(36)17(12)22(34)18(13)21(15)33/h11-12,14,20,33-34,37,40H,6-10H2,1-5H3,(H2,29,38)(H,30,39)/t12-,14-,20-,28-/m0/s1. The molecule has 13 nitrogen and oxygen atoms in total. The van der Waals surface area contributed by atoms with Gasteiger partial charge in [0.05, 0.1) is 23.9 Å². The van der Waals surface area contributed by atoms with E-state index in [2.05, 4.69) is 5.32 Å². The topological polar surface area (TPSA) is 203 Å². The average molecular weight is 573 g/mol. The lowest BCUT2D eigenvalue weighted by molar-refractivity contribution is -0.153. The molecule has 1 saturated carbocycles. The summed E-state index contributed by atoms with van der Waals surface area (Å²) in [5.74, 6) is -7.44. The van der Waals surface area contributed by atoms with Gasteiger partial charge in [-0.1, -0.05) is 13.3 Å². The highest BCUT2D eigenvalue weighted by atomic mass is 16.5. The second-order valence-corrected chi connectivity index (χ2v) is 11.1. The van der Waals surface area contributed by atoms with Crippen molar-refractivity contribution in [2.24, 2.45) is 17.6 Å². The van der Waals surface area contributed by atoms with E-state index in [0.29, 0.717) is 17.7 Å². The first-order valence-electron chi connectivity index (χ1n) is 13.3. The van der Waals surface area contributed by atoms with Crippen molar-refractivity contribution in [3.63, 3.8) is 0 Å². The summed E-state index contributed by atoms with van der Waals surface area (Å²) in [4.78, 5) is 54.9. The first-order chi connectivity index (χ1) is 19.2. The first-order valence-corrected chi connectivity index (χ1v) is 13.3. The minimum atomic E-state index is -2.73. The van der Waals surface area contributed by atoms with Crippen LogP contribution in [0.5, 0.6) is 5.75 Å². The first kappa shape index (κ1) is 29.9. The van der Waals surface area contributed by atoms with Gasteiger partial charge in [-0.05, 0) is 50.9 Å². The monoisotopic (exact) mass is 572 g/mol. The molecule has 1 fully saturated rings. The number of nitrogens with two attached hydrogens (primary N) is 1. The van der Waals surface area contributed by atoms with E-state index in [1.807, 2.05) is 6.92 Å². The van der Waals surface area contributed by atoms with Gasteiger partial charge < -0.3 is 35.8 Å². The van der Waals surface area contributed by atoms with Gasteiger partial charge in [-0.25, -0.2) is 4.79 Å². The van der Waals surface area contributed by atoms with Crippen LogP contribution in [0.3, 0.4) is 0 Å². The largest absolute Gasteiger partial charge is 0.508 e. The average Bonchev–Trinajstić information content (AvgIpc) is 2.87. The molecule has 7 N–H and O–H groups in total. The van der Waals surface area contributed by atoms with Gasteiger partial charge in [0.2, 0.25) is 5.78 Å². The van der Waals surface area contributed by atoms with E-state index >= 15 is 0 Å². The molecule has 0 saturated heterocycles. The Labute approximate surface area is 236 Å². The Kier molecular flexibility index (Phi) is 7.80. The molecule has 1 aromatic carbocycles. The van der Waals surface area contributed by atoms with Gasteiger partial charge in [-0.3, -0.25) is 24.6 Å². The van der Waals surface area contributed by atoms with Gasteiger partial charge in [-0.2, -0.15) is 0 Å². The van der Waals surface area contributed by atoms with Gasteiger partial charge in [0.1, 0.15) is 17.1 Å². The summed E-state index contributed by atoms with van der Waals surface area (Å²) in [5.41, 5.74) is 2.27. The van der Waals surface area contributed by atoms with Gasteiger partial charge in [0.15, 0.2) is 17.1 Å². The van der Waals surface area contributed by atoms with Crippen molar-refractivity contribution in [1.29, 1.82) is 0 Å². The SMILES string of the molecule is CCCCOC(=O)Nc1cc(N(C)C)c2c(c1O)C(O)=C1C(=O)[C@]3(O)C(O)=C(C(N)=O)C(=O)[C@@H](N(C)C)[C@@H]3C[C@@H]1C2. The van der Waals surface area contributed by atoms with Crippen LogP contribution in [-0.2, 0) is 25.5 Å². The highest BCUT2D eigenvalue weighted by Gasteiger charge is 2.64. The summed E-state index contributed by atoms with van der Waals surface area (Å²) < 4.78 is 5.13. The number of aliphatic hydroxyl groups excluding tert-OH is 2. The van der Waals surface area contributed by atoms with Crippen molar-refractivity contribution in [2.45, 2.75) is 44.2 Å². The Balaban J connectivity index is 1.90. The number of anilines is 2. The Morgan fingerprint density at radius 1 is 1.17 bits per heavy atom. The van der Waals surface area contributed by atoms with Crippen LogP contribution in [0.25, 0.3) is 5.76 Å². The van der Waals surface area contributed by atoms with Crippen molar-refractivity contribution in [1.82, 2.24) is 4.90 Å². The molecule has 0 radical (unpaired) electrons. The number of Topliss-reactive ketones (excluding diaryl/α,β-unsaturated/α-hetero) is 2. The number of fused-ring (bicyclic) bond motifs is 3. The van der Waals surface area contributed by atoms with Crippen LogP contribution in [0.4, 0.5) is 16.2 Å². The minimum absolute atomic E-state index is 0.0247. The molecule has 1 aromatic rings. The third-order valence-corrected chi connectivity index (χ3v) is 8.15. The summed E-state index contributed by atoms with van der Waals surface area (Å²) in [6.07, 6.45) is 0.730. The van der Waals surface area contributed by atoms with Crippen LogP contribution in [0.15, 0.2) is 23.0 Å². The highest BCUT2D eigenvalue weighted by molar-refractivity contribution is 6.24. The van der Waals surface area contributed by atoms with Gasteiger partial charge >= 0.3 is 6.09 Å². The fourth-order valence-corrected chi connectivity index (χ4v) is 6.24. The highest BCUT2D eigenvalue weighted by Crippen LogP contribution is 2.54. The van der Waals surface area contributed by atoms with Gasteiger partial charge in [0, 0.05) is 31.3 Å². The second kappa shape index (κ2) is 10.7. The van der Waals surface area contributed by atoms with Crippen molar-refractivity contribution in [2.75, 3.05) is 45.0 Å². The maximum Gasteiger partial charge on any atom is 0.411 e. The van der Waals surface area contributed by atoms with Crippen molar-refractivity contribution >= 4 is 40.7 Å². The van der Waals surface area contributed by atoms with Crippen LogP contribution in [0, 0.1) is 11.8 Å². The molecule has 0 aliphatic heterocycles. The molecular weight excluding hydrogens is 536 g/mol. The lowest BCUT2D eigenvalue weighted by Crippen LogP contribution is -2.65. The fraction of sp³-hybridized carbons (Fsp3) is 0.500. The summed E-state index contributed by atoms with van der Waals surface area (Å²) in [6.45, 7) is 2.10. The number of carbonyl (C=O) groups is 4. The number of phenols is 1. The van der Waals surface area contributed by atoms with Crippen molar-refractivity contribution < 1.29 is 44.3 Å². The molecule has 0 heterocycles. The fourth-order valence-electron chi connectivity index (χ4n) is 6.24. The van der Waals surface area contributed by atoms with E-state index < -0.39 is 69.9 Å². The minimum Gasteiger partial charge on any atom is -0.508 e. The zero-order chi connectivity index (χ0) is 30.5. The number of nitrogens with one attached hydrogen (secondary N) is 1. The Hall–Kier alpha value is -4.10. The van der Waals surface area contributed by atoms with Gasteiger partial charge in [0.25, 0.3) is 5.91 Å². The number of ether oxygens (including phenoxy) is 1. The second-order valence-electron chi connectivity index (χ2n) is 11.1. The van der Waals surface area contributed by atoms with Gasteiger partial charge in [-0.15, -0.1) is 0 Å². The summed E-state index contributed by atoms with van der Waals surface area (Å²) in [5, 5.41) is 47.9. The molecule has 0 bridgehead atoms. The maximum atomic E-state index is 14.0. The Bertz CT molecular complexity index is 1400. The molecule has 222 valence electrons. The molecule has 3 aliphatic carbocycles. The van der Waals surface area contributed by atoms with E-state index in [1.165, 1.54) is 25.1 Å². The lowest BCUT2D eigenvalue weighted by Gasteiger charge is -2.50. The number of likely N-dealkylation sites (N-methyl/N-ethyl adjacent to an activating group) is 1. The number of phenolic OH excluding ortho intramolecular Hbond substituents is 1. The van der Waals surface area contributed by atoms with Crippen LogP contribution in [0.1, 0.15) is 37.3 Å². The normalized spacial score (nSPS) is 25.5. The van der Waals surface area contributed by atoms with Crippen LogP contribution < -0.4 is 16.0 Å². The van der Waals surface area contributed by atoms with E-state index in [1.54, 1.807) is 19.0 Å². The molecular formula is C28H36N4O9. The summed E-state index contributed by atoms with van der Waals surface area (Å²) in [6, 6.07) is 0.356. The number of amides is 2. The number of rotatable bonds is 7. The molecule has 4 atom stereocenters. The predicted molar refractivity (Wildman–Crippen MR) is 148 cm³/mol. The number of ketones is 2. The van der Waals surface area contributed by atoms with Crippen molar-refractivity contribution in [3.8, 4) is 5.75 Å². The number of hydrogen-bond donors (Lipinski definition) is 6. The predicted octanol–water partition coefficient (Wildman–Crippen LogP) is 1.38. The van der Waals surface area contributed by atoms with Crippen LogP contribution in [0.2, 0.25) is 0 Å². The smallest absolute Gasteiger partial charge is 0.411 e. The van der Waals surface area contributed by atoms with Crippen molar-refractivity contribution in [3.05, 3.63) is 34.1 Å². The zero-order valence-electron chi connectivity index (χ0n) is 23.6. The van der Waals surface area contributed by atoms with Crippen LogP contribution >= 0.6 is 0 Å². The number of unbranched alkanes of at least 4 members (excludes halogenated alkanes) is 1. The number of aliphatic hydroxyl groups is 3.